The molecule has 1 aromatic carbocycles. The minimum atomic E-state index is -0.440. The van der Waals surface area contributed by atoms with Gasteiger partial charge >= 0.3 is 5.97 Å². The van der Waals surface area contributed by atoms with E-state index in [-0.39, 0.29) is 17.9 Å². The van der Waals surface area contributed by atoms with Crippen LogP contribution in [0, 0.1) is 0 Å². The van der Waals surface area contributed by atoms with E-state index in [1.54, 1.807) is 29.3 Å². The number of nitrogens with zero attached hydrogens (tertiary/aromatic N) is 1. The van der Waals surface area contributed by atoms with Crippen molar-refractivity contribution in [3.05, 3.63) is 47.8 Å². The van der Waals surface area contributed by atoms with Gasteiger partial charge in [-0.2, -0.15) is 0 Å². The van der Waals surface area contributed by atoms with Crippen LogP contribution in [-0.4, -0.2) is 53.9 Å². The van der Waals surface area contributed by atoms with Crippen molar-refractivity contribution in [1.82, 2.24) is 15.2 Å². The molecule has 0 aliphatic carbocycles. The highest BCUT2D eigenvalue weighted by Gasteiger charge is 2.27. The zero-order chi connectivity index (χ0) is 18.7. The average Bonchev–Trinajstić information content (AvgIpc) is 3.30. The highest BCUT2D eigenvalue weighted by Crippen LogP contribution is 2.23. The predicted octanol–water partition coefficient (Wildman–Crippen LogP) is 1.82. The van der Waals surface area contributed by atoms with Crippen molar-refractivity contribution in [1.29, 1.82) is 0 Å². The van der Waals surface area contributed by atoms with Crippen LogP contribution in [0.3, 0.4) is 0 Å². The van der Waals surface area contributed by atoms with Crippen LogP contribution < -0.4 is 5.32 Å². The average molecular weight is 355 g/mol. The highest BCUT2D eigenvalue weighted by atomic mass is 16.5. The van der Waals surface area contributed by atoms with E-state index < -0.39 is 5.97 Å². The molecule has 0 radical (unpaired) electrons. The number of hydrogen-bond acceptors (Lipinski definition) is 4. The van der Waals surface area contributed by atoms with Gasteiger partial charge in [-0.3, -0.25) is 9.59 Å². The molecule has 7 heteroatoms. The normalized spacial score (nSPS) is 16.4. The topological polar surface area (TPSA) is 91.5 Å². The van der Waals surface area contributed by atoms with E-state index in [2.05, 4.69) is 10.3 Å². The molecule has 1 fully saturated rings. The second-order valence-corrected chi connectivity index (χ2v) is 6.31. The van der Waals surface area contributed by atoms with Crippen LogP contribution in [0.5, 0.6) is 0 Å². The summed E-state index contributed by atoms with van der Waals surface area (Å²) in [4.78, 5) is 40.1. The van der Waals surface area contributed by atoms with Gasteiger partial charge in [0.15, 0.2) is 0 Å². The van der Waals surface area contributed by atoms with Gasteiger partial charge in [0, 0.05) is 43.4 Å². The molecule has 2 heterocycles. The number of aromatic amines is 1. The Balaban J connectivity index is 1.75. The van der Waals surface area contributed by atoms with E-state index in [0.717, 1.165) is 17.5 Å². The van der Waals surface area contributed by atoms with Crippen molar-refractivity contribution in [2.45, 2.75) is 19.4 Å². The number of hydrogen-bond donors (Lipinski definition) is 2. The molecule has 2 amide bonds. The van der Waals surface area contributed by atoms with Crippen LogP contribution in [0.2, 0.25) is 0 Å². The smallest absolute Gasteiger partial charge is 0.354 e. The van der Waals surface area contributed by atoms with Gasteiger partial charge in [0.1, 0.15) is 5.69 Å². The first-order valence-electron chi connectivity index (χ1n) is 8.41. The third-order valence-electron chi connectivity index (χ3n) is 4.41. The van der Waals surface area contributed by atoms with Gasteiger partial charge in [0.05, 0.1) is 7.11 Å². The zero-order valence-corrected chi connectivity index (χ0v) is 14.7. The number of nitrogens with one attached hydrogen (secondary N) is 2. The first-order chi connectivity index (χ1) is 12.5. The summed E-state index contributed by atoms with van der Waals surface area (Å²) in [5.41, 5.74) is 2.57. The molecule has 136 valence electrons. The first-order valence-corrected chi connectivity index (χ1v) is 8.41. The number of ether oxygens (including phenoxy) is 1. The molecule has 0 spiro atoms. The molecule has 1 atom stereocenters. The number of methoxy groups -OCH3 is 1. The molecular weight excluding hydrogens is 334 g/mol. The second kappa shape index (κ2) is 7.43. The summed E-state index contributed by atoms with van der Waals surface area (Å²) in [6.07, 6.45) is 2.46. The number of amides is 2. The molecule has 0 saturated carbocycles. The van der Waals surface area contributed by atoms with Crippen LogP contribution >= 0.6 is 0 Å². The molecule has 1 saturated heterocycles. The molecule has 2 N–H and O–H groups in total. The lowest BCUT2D eigenvalue weighted by Gasteiger charge is -2.17. The van der Waals surface area contributed by atoms with Crippen LogP contribution in [-0.2, 0) is 9.53 Å². The third kappa shape index (κ3) is 3.77. The summed E-state index contributed by atoms with van der Waals surface area (Å²) in [5, 5.41) is 2.85. The second-order valence-electron chi connectivity index (χ2n) is 6.31. The van der Waals surface area contributed by atoms with Crippen molar-refractivity contribution < 1.29 is 19.1 Å². The summed E-state index contributed by atoms with van der Waals surface area (Å²) >= 11 is 0. The van der Waals surface area contributed by atoms with Gasteiger partial charge in [0.2, 0.25) is 5.91 Å². The van der Waals surface area contributed by atoms with Crippen LogP contribution in [0.1, 0.15) is 34.2 Å². The minimum absolute atomic E-state index is 0.00641. The summed E-state index contributed by atoms with van der Waals surface area (Å²) in [7, 11) is 1.33. The van der Waals surface area contributed by atoms with E-state index in [4.69, 9.17) is 4.74 Å². The number of carbonyl (C=O) groups excluding carboxylic acids is 3. The molecule has 2 aromatic rings. The van der Waals surface area contributed by atoms with Crippen molar-refractivity contribution >= 4 is 17.8 Å². The lowest BCUT2D eigenvalue weighted by Crippen LogP contribution is -2.37. The Labute approximate surface area is 151 Å². The monoisotopic (exact) mass is 355 g/mol. The number of rotatable bonds is 4. The number of benzene rings is 1. The Hall–Kier alpha value is -3.09. The molecule has 1 aliphatic heterocycles. The lowest BCUT2D eigenvalue weighted by molar-refractivity contribution is -0.119. The van der Waals surface area contributed by atoms with Gasteiger partial charge in [-0.25, -0.2) is 4.79 Å². The number of H-pyrrole nitrogens is 1. The number of aromatic nitrogens is 1. The molecule has 1 aromatic heterocycles. The van der Waals surface area contributed by atoms with E-state index in [9.17, 15) is 14.4 Å². The standard InChI is InChI=1S/C19H21N3O4/c1-12(23)21-16-6-7-22(11-16)18(24)14-5-3-4-13(8-14)15-9-17(20-10-15)19(25)26-2/h3-5,8-10,16,20H,6-7,11H2,1-2H3,(H,21,23)/t16-/m0/s1. The van der Waals surface area contributed by atoms with Crippen LogP contribution in [0.4, 0.5) is 0 Å². The molecule has 7 nitrogen and oxygen atoms in total. The van der Waals surface area contributed by atoms with Gasteiger partial charge in [-0.05, 0) is 30.2 Å². The molecule has 1 aliphatic rings. The number of carbonyl (C=O) groups is 3. The van der Waals surface area contributed by atoms with Crippen molar-refractivity contribution in [3.8, 4) is 11.1 Å². The van der Waals surface area contributed by atoms with Crippen molar-refractivity contribution in [2.24, 2.45) is 0 Å². The molecule has 0 unspecified atom stereocenters. The summed E-state index contributed by atoms with van der Waals surface area (Å²) in [6.45, 7) is 2.61. The van der Waals surface area contributed by atoms with E-state index >= 15 is 0 Å². The van der Waals surface area contributed by atoms with E-state index in [1.807, 2.05) is 12.1 Å². The summed E-state index contributed by atoms with van der Waals surface area (Å²) in [5.74, 6) is -0.590. The Bertz CT molecular complexity index is 843. The third-order valence-corrected chi connectivity index (χ3v) is 4.41. The quantitative estimate of drug-likeness (QED) is 0.819. The van der Waals surface area contributed by atoms with Crippen molar-refractivity contribution in [2.75, 3.05) is 20.2 Å². The number of likely N-dealkylation sites (tertiary alicyclic amines) is 1. The van der Waals surface area contributed by atoms with Crippen LogP contribution in [0.15, 0.2) is 36.5 Å². The minimum Gasteiger partial charge on any atom is -0.464 e. The fraction of sp³-hybridized carbons (Fsp3) is 0.316. The lowest BCUT2D eigenvalue weighted by atomic mass is 10.0. The maximum Gasteiger partial charge on any atom is 0.354 e. The molecule has 0 bridgehead atoms. The maximum absolute atomic E-state index is 12.8. The molecule has 3 rings (SSSR count). The Morgan fingerprint density at radius 1 is 1.23 bits per heavy atom. The van der Waals surface area contributed by atoms with Crippen LogP contribution in [0.25, 0.3) is 11.1 Å². The predicted molar refractivity (Wildman–Crippen MR) is 95.7 cm³/mol. The fourth-order valence-electron chi connectivity index (χ4n) is 3.15. The Kier molecular flexibility index (Phi) is 5.06. The Morgan fingerprint density at radius 3 is 2.77 bits per heavy atom. The summed E-state index contributed by atoms with van der Waals surface area (Å²) < 4.78 is 4.69. The fourth-order valence-corrected chi connectivity index (χ4v) is 3.15. The molecule has 26 heavy (non-hydrogen) atoms. The van der Waals surface area contributed by atoms with Gasteiger partial charge in [0.25, 0.3) is 5.91 Å². The van der Waals surface area contributed by atoms with E-state index in [1.165, 1.54) is 14.0 Å². The zero-order valence-electron chi connectivity index (χ0n) is 14.7. The Morgan fingerprint density at radius 2 is 2.04 bits per heavy atom. The molecular formula is C19H21N3O4. The number of esters is 1. The van der Waals surface area contributed by atoms with E-state index in [0.29, 0.717) is 24.3 Å². The van der Waals surface area contributed by atoms with Gasteiger partial charge < -0.3 is 19.9 Å². The highest BCUT2D eigenvalue weighted by molar-refractivity contribution is 5.96. The van der Waals surface area contributed by atoms with Crippen molar-refractivity contribution in [3.63, 3.8) is 0 Å². The SMILES string of the molecule is COC(=O)c1cc(-c2cccc(C(=O)N3CC[C@H](NC(C)=O)C3)c2)c[nH]1. The largest absolute Gasteiger partial charge is 0.464 e. The van der Waals surface area contributed by atoms with Gasteiger partial charge in [-0.1, -0.05) is 12.1 Å². The maximum atomic E-state index is 12.8. The van der Waals surface area contributed by atoms with Gasteiger partial charge in [-0.15, -0.1) is 0 Å². The first kappa shape index (κ1) is 17.7. The summed E-state index contributed by atoms with van der Waals surface area (Å²) in [6, 6.07) is 8.97.